The van der Waals surface area contributed by atoms with Crippen molar-refractivity contribution in [1.82, 2.24) is 0 Å². The van der Waals surface area contributed by atoms with Gasteiger partial charge in [0.1, 0.15) is 11.1 Å². The van der Waals surface area contributed by atoms with Crippen molar-refractivity contribution in [2.24, 2.45) is 0 Å². The van der Waals surface area contributed by atoms with Crippen molar-refractivity contribution >= 4 is 28.2 Å². The molecule has 0 radical (unpaired) electrons. The zero-order valence-corrected chi connectivity index (χ0v) is 11.9. The summed E-state index contributed by atoms with van der Waals surface area (Å²) in [6.07, 6.45) is 4.97. The van der Waals surface area contributed by atoms with Crippen molar-refractivity contribution in [1.29, 1.82) is 0 Å². The number of hydrogen-bond donors (Lipinski definition) is 2. The highest BCUT2D eigenvalue weighted by atomic mass is 32.1. The number of carboxylic acid groups (broad SMARTS) is 1. The average molecular weight is 295 g/mol. The zero-order valence-electron chi connectivity index (χ0n) is 11.1. The summed E-state index contributed by atoms with van der Waals surface area (Å²) in [5.41, 5.74) is 1.20. The SMILES string of the molecule is O=C(O)c1c(NC(=O)[C@H]2CCCO2)sc2c1CCCC2. The molecule has 20 heavy (non-hydrogen) atoms. The molecule has 2 aliphatic rings. The highest BCUT2D eigenvalue weighted by Gasteiger charge is 2.29. The predicted octanol–water partition coefficient (Wildman–Crippen LogP) is 2.44. The molecule has 0 unspecified atom stereocenters. The molecule has 3 rings (SSSR count). The molecule has 1 aliphatic carbocycles. The lowest BCUT2D eigenvalue weighted by Gasteiger charge is -2.11. The highest BCUT2D eigenvalue weighted by molar-refractivity contribution is 7.17. The van der Waals surface area contributed by atoms with Gasteiger partial charge in [-0.25, -0.2) is 4.79 Å². The Hall–Kier alpha value is -1.40. The number of fused-ring (bicyclic) bond motifs is 1. The minimum Gasteiger partial charge on any atom is -0.478 e. The maximum absolute atomic E-state index is 12.1. The van der Waals surface area contributed by atoms with Crippen molar-refractivity contribution < 1.29 is 19.4 Å². The fourth-order valence-corrected chi connectivity index (χ4v) is 4.14. The molecule has 1 aromatic heterocycles. The van der Waals surface area contributed by atoms with Gasteiger partial charge in [0, 0.05) is 11.5 Å². The largest absolute Gasteiger partial charge is 0.478 e. The van der Waals surface area contributed by atoms with Gasteiger partial charge in [0.2, 0.25) is 0 Å². The summed E-state index contributed by atoms with van der Waals surface area (Å²) in [7, 11) is 0. The van der Waals surface area contributed by atoms with Gasteiger partial charge < -0.3 is 15.2 Å². The van der Waals surface area contributed by atoms with Crippen molar-refractivity contribution in [2.75, 3.05) is 11.9 Å². The van der Waals surface area contributed by atoms with Crippen LogP contribution in [0.25, 0.3) is 0 Å². The number of carbonyl (C=O) groups excluding carboxylic acids is 1. The third-order valence-electron chi connectivity index (χ3n) is 3.84. The third-order valence-corrected chi connectivity index (χ3v) is 5.05. The minimum atomic E-state index is -0.952. The van der Waals surface area contributed by atoms with Gasteiger partial charge in [-0.3, -0.25) is 4.79 Å². The molecule has 1 amide bonds. The van der Waals surface area contributed by atoms with Crippen LogP contribution in [-0.4, -0.2) is 29.7 Å². The van der Waals surface area contributed by atoms with Crippen molar-refractivity contribution in [3.63, 3.8) is 0 Å². The molecule has 1 saturated heterocycles. The second-order valence-electron chi connectivity index (χ2n) is 5.21. The summed E-state index contributed by atoms with van der Waals surface area (Å²) in [6, 6.07) is 0. The summed E-state index contributed by atoms with van der Waals surface area (Å²) < 4.78 is 5.33. The Bertz CT molecular complexity index is 546. The van der Waals surface area contributed by atoms with E-state index in [1.54, 1.807) is 0 Å². The molecule has 0 bridgehead atoms. The first kappa shape index (κ1) is 13.6. The summed E-state index contributed by atoms with van der Waals surface area (Å²) in [6.45, 7) is 0.602. The molecule has 2 N–H and O–H groups in total. The van der Waals surface area contributed by atoms with E-state index in [0.717, 1.165) is 42.5 Å². The Kier molecular flexibility index (Phi) is 3.76. The topological polar surface area (TPSA) is 75.6 Å². The summed E-state index contributed by atoms with van der Waals surface area (Å²) >= 11 is 1.41. The average Bonchev–Trinajstić information content (AvgIpc) is 3.05. The van der Waals surface area contributed by atoms with E-state index in [1.807, 2.05) is 0 Å². The molecule has 0 spiro atoms. The van der Waals surface area contributed by atoms with Crippen molar-refractivity contribution in [3.8, 4) is 0 Å². The second-order valence-corrected chi connectivity index (χ2v) is 6.32. The molecule has 1 aromatic rings. The number of thiophene rings is 1. The van der Waals surface area contributed by atoms with E-state index < -0.39 is 12.1 Å². The normalized spacial score (nSPS) is 21.5. The minimum absolute atomic E-state index is 0.219. The van der Waals surface area contributed by atoms with E-state index in [9.17, 15) is 14.7 Å². The number of carbonyl (C=O) groups is 2. The van der Waals surface area contributed by atoms with Crippen LogP contribution in [0, 0.1) is 0 Å². The molecule has 0 saturated carbocycles. The molecular formula is C14H17NO4S. The molecule has 5 nitrogen and oxygen atoms in total. The fraction of sp³-hybridized carbons (Fsp3) is 0.571. The van der Waals surface area contributed by atoms with Gasteiger partial charge in [0.05, 0.1) is 5.56 Å². The first-order chi connectivity index (χ1) is 9.66. The Morgan fingerprint density at radius 1 is 1.25 bits per heavy atom. The second kappa shape index (κ2) is 5.54. The van der Waals surface area contributed by atoms with Gasteiger partial charge in [-0.2, -0.15) is 0 Å². The molecule has 2 heterocycles. The smallest absolute Gasteiger partial charge is 0.339 e. The van der Waals surface area contributed by atoms with Gasteiger partial charge in [-0.1, -0.05) is 0 Å². The number of carboxylic acids is 1. The van der Waals surface area contributed by atoms with Crippen LogP contribution in [0.3, 0.4) is 0 Å². The maximum atomic E-state index is 12.1. The van der Waals surface area contributed by atoms with E-state index in [-0.39, 0.29) is 11.5 Å². The quantitative estimate of drug-likeness (QED) is 0.898. The number of aryl methyl sites for hydroxylation is 1. The Morgan fingerprint density at radius 2 is 2.05 bits per heavy atom. The molecule has 1 fully saturated rings. The van der Waals surface area contributed by atoms with Crippen molar-refractivity contribution in [2.45, 2.75) is 44.6 Å². The van der Waals surface area contributed by atoms with Gasteiger partial charge >= 0.3 is 5.97 Å². The van der Waals surface area contributed by atoms with Crippen LogP contribution in [0.4, 0.5) is 5.00 Å². The van der Waals surface area contributed by atoms with Gasteiger partial charge in [-0.05, 0) is 44.1 Å². The zero-order chi connectivity index (χ0) is 14.1. The molecule has 1 aliphatic heterocycles. The highest BCUT2D eigenvalue weighted by Crippen LogP contribution is 2.38. The van der Waals surface area contributed by atoms with Gasteiger partial charge in [-0.15, -0.1) is 11.3 Å². The van der Waals surface area contributed by atoms with Crippen LogP contribution < -0.4 is 5.32 Å². The standard InChI is InChI=1S/C14H17NO4S/c16-12(9-5-3-7-19-9)15-13-11(14(17)18)8-4-1-2-6-10(8)20-13/h9H,1-7H2,(H,15,16)(H,17,18)/t9-/m1/s1. The van der Waals surface area contributed by atoms with Gasteiger partial charge in [0.25, 0.3) is 5.91 Å². The molecule has 6 heteroatoms. The van der Waals surface area contributed by atoms with Gasteiger partial charge in [0.15, 0.2) is 0 Å². The Morgan fingerprint density at radius 3 is 2.75 bits per heavy atom. The number of nitrogens with one attached hydrogen (secondary N) is 1. The number of aromatic carboxylic acids is 1. The van der Waals surface area contributed by atoms with E-state index in [4.69, 9.17) is 4.74 Å². The van der Waals surface area contributed by atoms with Crippen LogP contribution in [0.1, 0.15) is 46.5 Å². The molecule has 108 valence electrons. The maximum Gasteiger partial charge on any atom is 0.339 e. The van der Waals surface area contributed by atoms with E-state index >= 15 is 0 Å². The summed E-state index contributed by atoms with van der Waals surface area (Å²) in [5, 5.41) is 12.7. The van der Waals surface area contributed by atoms with Crippen LogP contribution in [0.5, 0.6) is 0 Å². The predicted molar refractivity (Wildman–Crippen MR) is 75.5 cm³/mol. The van der Waals surface area contributed by atoms with Crippen LogP contribution in [-0.2, 0) is 22.4 Å². The number of ether oxygens (including phenoxy) is 1. The molecule has 1 atom stereocenters. The lowest BCUT2D eigenvalue weighted by Crippen LogP contribution is -2.27. The van der Waals surface area contributed by atoms with Crippen molar-refractivity contribution in [3.05, 3.63) is 16.0 Å². The lowest BCUT2D eigenvalue weighted by molar-refractivity contribution is -0.124. The van der Waals surface area contributed by atoms with Crippen LogP contribution in [0.2, 0.25) is 0 Å². The first-order valence-corrected chi connectivity index (χ1v) is 7.79. The van der Waals surface area contributed by atoms with E-state index in [0.29, 0.717) is 18.0 Å². The molecule has 0 aromatic carbocycles. The lowest BCUT2D eigenvalue weighted by atomic mass is 9.95. The van der Waals surface area contributed by atoms with Crippen LogP contribution >= 0.6 is 11.3 Å². The van der Waals surface area contributed by atoms with E-state index in [2.05, 4.69) is 5.32 Å². The Balaban J connectivity index is 1.86. The molecular weight excluding hydrogens is 278 g/mol. The summed E-state index contributed by atoms with van der Waals surface area (Å²) in [4.78, 5) is 24.7. The van der Waals surface area contributed by atoms with E-state index in [1.165, 1.54) is 11.3 Å². The number of anilines is 1. The monoisotopic (exact) mass is 295 g/mol. The first-order valence-electron chi connectivity index (χ1n) is 6.97. The number of hydrogen-bond acceptors (Lipinski definition) is 4. The Labute approximate surface area is 120 Å². The summed E-state index contributed by atoms with van der Waals surface area (Å²) in [5.74, 6) is -1.17. The van der Waals surface area contributed by atoms with Crippen LogP contribution in [0.15, 0.2) is 0 Å². The fourth-order valence-electron chi connectivity index (χ4n) is 2.86. The number of amides is 1. The number of rotatable bonds is 3. The third kappa shape index (κ3) is 2.45.